The van der Waals surface area contributed by atoms with Crippen molar-refractivity contribution in [1.82, 2.24) is 23.9 Å². The second-order valence-electron chi connectivity index (χ2n) is 13.3. The summed E-state index contributed by atoms with van der Waals surface area (Å²) >= 11 is 1.47. The lowest BCUT2D eigenvalue weighted by Crippen LogP contribution is -3.00. The number of amidine groups is 1. The molecule has 3 aromatic rings. The Morgan fingerprint density at radius 3 is 1.74 bits per heavy atom. The Morgan fingerprint density at radius 2 is 1.30 bits per heavy atom. The summed E-state index contributed by atoms with van der Waals surface area (Å²) in [5.74, 6) is -1.08. The third-order valence-corrected chi connectivity index (χ3v) is 8.96. The number of hydrogen-bond donors (Lipinski definition) is 6. The van der Waals surface area contributed by atoms with Crippen LogP contribution in [0.2, 0.25) is 0 Å². The van der Waals surface area contributed by atoms with E-state index in [1.807, 2.05) is 13.8 Å². The maximum Gasteiger partial charge on any atom is 0.412 e. The van der Waals surface area contributed by atoms with E-state index in [-0.39, 0.29) is 42.1 Å². The van der Waals surface area contributed by atoms with Crippen molar-refractivity contribution in [2.24, 2.45) is 26.9 Å². The molecule has 0 spiro atoms. The highest BCUT2D eigenvalue weighted by Gasteiger charge is 2.48. The number of carbonyl (C=O) groups excluding carboxylic acids is 5. The first kappa shape index (κ1) is 39.5. The second kappa shape index (κ2) is 15.3. The molecule has 0 radical (unpaired) electrons. The monoisotopic (exact) mass is 732 g/mol. The summed E-state index contributed by atoms with van der Waals surface area (Å²) < 4.78 is 10.3. The fraction of sp³-hybridized carbons (Fsp3) is 0.438. The summed E-state index contributed by atoms with van der Waals surface area (Å²) in [5, 5.41) is 16.5. The normalized spacial score (nSPS) is 15.1. The second-order valence-corrected chi connectivity index (χ2v) is 14.9. The molecule has 272 valence electrons. The van der Waals surface area contributed by atoms with Gasteiger partial charge < -0.3 is 52.1 Å². The van der Waals surface area contributed by atoms with Crippen LogP contribution in [0.5, 0.6) is 0 Å². The van der Waals surface area contributed by atoms with Gasteiger partial charge in [-0.15, -0.1) is 11.8 Å². The molecule has 1 fully saturated rings. The minimum Gasteiger partial charge on any atom is -1.00 e. The van der Waals surface area contributed by atoms with Crippen LogP contribution in [-0.2, 0) is 30.7 Å². The Hall–Kier alpha value is -4.90. The standard InChI is InChI=1S/C32H44N10O6S.ClH/c1-31(2,3)48-30(47)42-24(17-49-32(42,4)5)29(46)38-20-13-23(41(8)16-20)28(45)37-19-12-22(40(7)15-19)27(44)36-18-11-21(39(6)14-18)26(43)35-10-9-25(33)34;/h11-16,24H,9-10,17H2,1-8H3,(H3,33,34)(H,35,43)(H,36,44)(H,37,45)(H,38,46);1H/t24-;/m0./s1. The molecule has 4 rings (SSSR count). The van der Waals surface area contributed by atoms with Gasteiger partial charge in [0, 0.05) is 52.0 Å². The third kappa shape index (κ3) is 9.41. The predicted octanol–water partition coefficient (Wildman–Crippen LogP) is -1.53. The molecule has 18 heteroatoms. The van der Waals surface area contributed by atoms with Crippen molar-refractivity contribution in [3.05, 3.63) is 53.9 Å². The van der Waals surface area contributed by atoms with Crippen molar-refractivity contribution in [2.75, 3.05) is 28.2 Å². The number of nitrogens with one attached hydrogen (secondary N) is 4. The number of carbonyl (C=O) groups is 5. The maximum atomic E-state index is 13.4. The number of thioether (sulfide) groups is 1. The van der Waals surface area contributed by atoms with Gasteiger partial charge >= 0.3 is 6.09 Å². The number of nitrogens with zero attached hydrogens (tertiary/aromatic N) is 4. The van der Waals surface area contributed by atoms with E-state index in [2.05, 4.69) is 21.3 Å². The van der Waals surface area contributed by atoms with Crippen molar-refractivity contribution in [1.29, 1.82) is 0 Å². The van der Waals surface area contributed by atoms with Gasteiger partial charge in [0.05, 0.1) is 28.4 Å². The lowest BCUT2D eigenvalue weighted by atomic mass is 10.2. The van der Waals surface area contributed by atoms with E-state index in [0.717, 1.165) is 0 Å². The van der Waals surface area contributed by atoms with Gasteiger partial charge in [-0.05, 0) is 52.8 Å². The molecule has 16 nitrogen and oxygen atoms in total. The van der Waals surface area contributed by atoms with Gasteiger partial charge in [0.2, 0.25) is 11.7 Å². The molecule has 1 atom stereocenters. The molecule has 0 bridgehead atoms. The van der Waals surface area contributed by atoms with Crippen LogP contribution in [0.3, 0.4) is 0 Å². The highest BCUT2D eigenvalue weighted by molar-refractivity contribution is 8.00. The molecule has 8 N–H and O–H groups in total. The van der Waals surface area contributed by atoms with Gasteiger partial charge in [0.1, 0.15) is 28.7 Å². The molecule has 1 saturated heterocycles. The van der Waals surface area contributed by atoms with Crippen LogP contribution in [0.4, 0.5) is 21.9 Å². The van der Waals surface area contributed by atoms with Crippen LogP contribution in [-0.4, -0.2) is 83.0 Å². The molecule has 1 aliphatic heterocycles. The van der Waals surface area contributed by atoms with Crippen LogP contribution in [0.25, 0.3) is 0 Å². The molecule has 0 aromatic carbocycles. The quantitative estimate of drug-likeness (QED) is 0.106. The molecule has 3 aromatic heterocycles. The first-order valence-corrected chi connectivity index (χ1v) is 16.5. The van der Waals surface area contributed by atoms with Crippen molar-refractivity contribution < 1.29 is 46.5 Å². The Bertz CT molecular complexity index is 1800. The van der Waals surface area contributed by atoms with Crippen LogP contribution < -0.4 is 44.8 Å². The number of anilines is 3. The summed E-state index contributed by atoms with van der Waals surface area (Å²) in [6, 6.07) is 3.82. The number of nitrogens with two attached hydrogens (primary N) is 2. The zero-order chi connectivity index (χ0) is 36.4. The number of aryl methyl sites for hydroxylation is 3. The smallest absolute Gasteiger partial charge is 0.412 e. The minimum atomic E-state index is -0.777. The van der Waals surface area contributed by atoms with Gasteiger partial charge in [0.15, 0.2) is 0 Å². The van der Waals surface area contributed by atoms with Crippen molar-refractivity contribution >= 4 is 64.4 Å². The van der Waals surface area contributed by atoms with Gasteiger partial charge in [-0.2, -0.15) is 0 Å². The maximum absolute atomic E-state index is 13.4. The molecule has 5 amide bonds. The van der Waals surface area contributed by atoms with Crippen LogP contribution in [0.15, 0.2) is 36.8 Å². The van der Waals surface area contributed by atoms with E-state index in [0.29, 0.717) is 34.9 Å². The predicted molar refractivity (Wildman–Crippen MR) is 187 cm³/mol. The lowest BCUT2D eigenvalue weighted by Gasteiger charge is -2.35. The average molecular weight is 733 g/mol. The fourth-order valence-electron chi connectivity index (χ4n) is 5.26. The number of aromatic nitrogens is 3. The number of halogens is 1. The summed E-state index contributed by atoms with van der Waals surface area (Å²) in [4.78, 5) is 66.1. The lowest BCUT2D eigenvalue weighted by molar-refractivity contribution is -0.121. The van der Waals surface area contributed by atoms with E-state index >= 15 is 0 Å². The highest BCUT2D eigenvalue weighted by atomic mass is 35.5. The van der Waals surface area contributed by atoms with Crippen LogP contribution >= 0.6 is 11.8 Å². The van der Waals surface area contributed by atoms with Gasteiger partial charge in [0.25, 0.3) is 17.7 Å². The SMILES string of the molecule is Cn1cc(NC(=O)c2cc(NC(=O)c3cc(NC(=O)[C@@H]4CSC(C)(C)N4C(=O)OC(C)(C)C)cn3C)cn2C)cc1C(=O)NCCC(N)=[NH2+].[Cl-]. The summed E-state index contributed by atoms with van der Waals surface area (Å²) in [6.07, 6.45) is 4.56. The van der Waals surface area contributed by atoms with E-state index in [9.17, 15) is 24.0 Å². The topological polar surface area (TPSA) is 212 Å². The Labute approximate surface area is 300 Å². The third-order valence-electron chi connectivity index (χ3n) is 7.57. The molecule has 4 heterocycles. The van der Waals surface area contributed by atoms with E-state index in [4.69, 9.17) is 15.9 Å². The first-order chi connectivity index (χ1) is 22.8. The summed E-state index contributed by atoms with van der Waals surface area (Å²) in [6.45, 7) is 9.30. The molecule has 50 heavy (non-hydrogen) atoms. The number of ether oxygens (including phenoxy) is 1. The van der Waals surface area contributed by atoms with Crippen molar-refractivity contribution in [3.63, 3.8) is 0 Å². The molecular weight excluding hydrogens is 688 g/mol. The summed E-state index contributed by atoms with van der Waals surface area (Å²) in [5.41, 5.74) is 6.70. The highest BCUT2D eigenvalue weighted by Crippen LogP contribution is 2.40. The van der Waals surface area contributed by atoms with Crippen molar-refractivity contribution in [2.45, 2.75) is 57.6 Å². The zero-order valence-electron chi connectivity index (χ0n) is 29.3. The molecular formula is C32H45ClN10O6S. The van der Waals surface area contributed by atoms with Gasteiger partial charge in [-0.25, -0.2) is 4.79 Å². The molecule has 1 aliphatic rings. The fourth-order valence-corrected chi connectivity index (χ4v) is 6.46. The molecule has 0 unspecified atom stereocenters. The zero-order valence-corrected chi connectivity index (χ0v) is 30.9. The molecule has 0 saturated carbocycles. The van der Waals surface area contributed by atoms with E-state index in [1.54, 1.807) is 80.3 Å². The van der Waals surface area contributed by atoms with Gasteiger partial charge in [-0.3, -0.25) is 35.2 Å². The van der Waals surface area contributed by atoms with Crippen LogP contribution in [0, 0.1) is 0 Å². The number of amides is 5. The Morgan fingerprint density at radius 1 is 0.860 bits per heavy atom. The largest absolute Gasteiger partial charge is 1.00 e. The molecule has 0 aliphatic carbocycles. The Kier molecular flexibility index (Phi) is 12.1. The van der Waals surface area contributed by atoms with Crippen molar-refractivity contribution in [3.8, 4) is 0 Å². The average Bonchev–Trinajstić information content (AvgIpc) is 3.71. The minimum absolute atomic E-state index is 0. The van der Waals surface area contributed by atoms with E-state index in [1.165, 1.54) is 28.8 Å². The van der Waals surface area contributed by atoms with Crippen LogP contribution in [0.1, 0.15) is 72.5 Å². The first-order valence-electron chi connectivity index (χ1n) is 15.5. The number of hydrogen-bond acceptors (Lipinski definition) is 7. The Balaban J connectivity index is 0.00000676. The number of rotatable bonds is 10. The summed E-state index contributed by atoms with van der Waals surface area (Å²) in [7, 11) is 5.00. The van der Waals surface area contributed by atoms with E-state index < -0.39 is 40.3 Å². The van der Waals surface area contributed by atoms with Gasteiger partial charge in [-0.1, -0.05) is 0 Å².